The fraction of sp³-hybridized carbons (Fsp3) is 0.222. The average molecular weight is 293 g/mol. The van der Waals surface area contributed by atoms with Crippen molar-refractivity contribution in [1.82, 2.24) is 15.0 Å². The van der Waals surface area contributed by atoms with Crippen molar-refractivity contribution in [3.05, 3.63) is 59.3 Å². The smallest absolute Gasteiger partial charge is 0.118 e. The van der Waals surface area contributed by atoms with Gasteiger partial charge in [-0.3, -0.25) is 0 Å². The Morgan fingerprint density at radius 3 is 2.18 bits per heavy atom. The molecule has 0 atom stereocenters. The first-order valence-corrected chi connectivity index (χ1v) is 7.23. The second-order valence-corrected chi connectivity index (χ2v) is 5.52. The molecule has 3 aromatic rings. The highest BCUT2D eigenvalue weighted by atomic mass is 16.5. The molecule has 1 aromatic heterocycles. The van der Waals surface area contributed by atoms with Crippen molar-refractivity contribution in [3.8, 4) is 22.7 Å². The van der Waals surface area contributed by atoms with E-state index in [4.69, 9.17) is 4.74 Å². The van der Waals surface area contributed by atoms with Crippen molar-refractivity contribution in [2.24, 2.45) is 0 Å². The summed E-state index contributed by atoms with van der Waals surface area (Å²) in [4.78, 5) is 0. The Kier molecular flexibility index (Phi) is 3.67. The fourth-order valence-corrected chi connectivity index (χ4v) is 2.80. The molecule has 112 valence electrons. The summed E-state index contributed by atoms with van der Waals surface area (Å²) in [6.07, 6.45) is 1.96. The molecule has 1 heterocycles. The molecule has 0 N–H and O–H groups in total. The van der Waals surface area contributed by atoms with Crippen LogP contribution in [0.3, 0.4) is 0 Å². The van der Waals surface area contributed by atoms with Crippen LogP contribution in [0.5, 0.6) is 5.75 Å². The van der Waals surface area contributed by atoms with Crippen molar-refractivity contribution in [3.63, 3.8) is 0 Å². The van der Waals surface area contributed by atoms with Gasteiger partial charge in [0.05, 0.1) is 19.0 Å². The van der Waals surface area contributed by atoms with Crippen molar-refractivity contribution in [2.45, 2.75) is 20.8 Å². The van der Waals surface area contributed by atoms with Gasteiger partial charge in [0.15, 0.2) is 0 Å². The van der Waals surface area contributed by atoms with E-state index >= 15 is 0 Å². The molecule has 0 aliphatic carbocycles. The number of benzene rings is 2. The zero-order chi connectivity index (χ0) is 15.7. The normalized spacial score (nSPS) is 10.7. The molecule has 0 saturated carbocycles. The monoisotopic (exact) mass is 293 g/mol. The first-order chi connectivity index (χ1) is 10.6. The second kappa shape index (κ2) is 5.64. The van der Waals surface area contributed by atoms with Crippen LogP contribution in [0.4, 0.5) is 0 Å². The zero-order valence-electron chi connectivity index (χ0n) is 13.3. The Morgan fingerprint density at radius 2 is 1.59 bits per heavy atom. The summed E-state index contributed by atoms with van der Waals surface area (Å²) in [6.45, 7) is 6.31. The largest absolute Gasteiger partial charge is 0.497 e. The predicted molar refractivity (Wildman–Crippen MR) is 87.6 cm³/mol. The highest BCUT2D eigenvalue weighted by molar-refractivity contribution is 5.60. The highest BCUT2D eigenvalue weighted by Gasteiger charge is 2.10. The van der Waals surface area contributed by atoms with E-state index in [1.807, 2.05) is 35.1 Å². The minimum absolute atomic E-state index is 0.835. The molecule has 0 spiro atoms. The van der Waals surface area contributed by atoms with Crippen LogP contribution in [0.25, 0.3) is 16.9 Å². The number of hydrogen-bond donors (Lipinski definition) is 0. The molecule has 0 amide bonds. The van der Waals surface area contributed by atoms with Crippen LogP contribution in [-0.2, 0) is 0 Å². The van der Waals surface area contributed by atoms with E-state index < -0.39 is 0 Å². The van der Waals surface area contributed by atoms with Crippen LogP contribution in [-0.4, -0.2) is 22.1 Å². The molecule has 3 rings (SSSR count). The maximum absolute atomic E-state index is 5.18. The molecule has 0 fully saturated rings. The number of aryl methyl sites for hydroxylation is 3. The topological polar surface area (TPSA) is 39.9 Å². The zero-order valence-corrected chi connectivity index (χ0v) is 13.3. The Balaban J connectivity index is 2.00. The molecule has 4 nitrogen and oxygen atoms in total. The quantitative estimate of drug-likeness (QED) is 0.736. The molecule has 0 unspecified atom stereocenters. The average Bonchev–Trinajstić information content (AvgIpc) is 2.96. The van der Waals surface area contributed by atoms with Crippen LogP contribution in [0.1, 0.15) is 16.7 Å². The van der Waals surface area contributed by atoms with E-state index in [2.05, 4.69) is 43.2 Å². The molecule has 2 aromatic carbocycles. The van der Waals surface area contributed by atoms with Gasteiger partial charge in [0.2, 0.25) is 0 Å². The van der Waals surface area contributed by atoms with Gasteiger partial charge in [0, 0.05) is 5.56 Å². The van der Waals surface area contributed by atoms with E-state index in [0.29, 0.717) is 0 Å². The van der Waals surface area contributed by atoms with Gasteiger partial charge in [-0.05, 0) is 56.2 Å². The van der Waals surface area contributed by atoms with Crippen LogP contribution in [0.2, 0.25) is 0 Å². The van der Waals surface area contributed by atoms with Gasteiger partial charge in [-0.25, -0.2) is 4.68 Å². The lowest BCUT2D eigenvalue weighted by atomic mass is 10.1. The lowest BCUT2D eigenvalue weighted by Gasteiger charge is -2.10. The third-order valence-corrected chi connectivity index (χ3v) is 3.74. The fourth-order valence-electron chi connectivity index (χ4n) is 2.80. The number of nitrogens with zero attached hydrogens (tertiary/aromatic N) is 3. The van der Waals surface area contributed by atoms with Crippen LogP contribution < -0.4 is 4.74 Å². The third kappa shape index (κ3) is 2.60. The summed E-state index contributed by atoms with van der Waals surface area (Å²) in [7, 11) is 1.66. The maximum Gasteiger partial charge on any atom is 0.118 e. The Labute approximate surface area is 130 Å². The van der Waals surface area contributed by atoms with E-state index in [-0.39, 0.29) is 0 Å². The standard InChI is InChI=1S/C18H19N3O/c1-12-9-13(2)18(14(3)10-12)21-11-17(19-20-21)15-5-7-16(22-4)8-6-15/h5-11H,1-4H3. The number of methoxy groups -OCH3 is 1. The van der Waals surface area contributed by atoms with Crippen LogP contribution in [0, 0.1) is 20.8 Å². The number of ether oxygens (including phenoxy) is 1. The van der Waals surface area contributed by atoms with E-state index in [9.17, 15) is 0 Å². The van der Waals surface area contributed by atoms with Gasteiger partial charge in [-0.15, -0.1) is 5.10 Å². The van der Waals surface area contributed by atoms with Gasteiger partial charge >= 0.3 is 0 Å². The summed E-state index contributed by atoms with van der Waals surface area (Å²) in [5.41, 5.74) is 6.62. The van der Waals surface area contributed by atoms with Gasteiger partial charge in [0.1, 0.15) is 11.4 Å². The Hall–Kier alpha value is -2.62. The highest BCUT2D eigenvalue weighted by Crippen LogP contribution is 2.24. The Morgan fingerprint density at radius 1 is 0.955 bits per heavy atom. The molecule has 4 heteroatoms. The van der Waals surface area contributed by atoms with Crippen molar-refractivity contribution >= 4 is 0 Å². The summed E-state index contributed by atoms with van der Waals surface area (Å²) < 4.78 is 7.03. The van der Waals surface area contributed by atoms with Crippen molar-refractivity contribution < 1.29 is 4.74 Å². The van der Waals surface area contributed by atoms with E-state index in [1.165, 1.54) is 16.7 Å². The summed E-state index contributed by atoms with van der Waals surface area (Å²) in [5, 5.41) is 8.59. The number of rotatable bonds is 3. The van der Waals surface area contributed by atoms with Gasteiger partial charge < -0.3 is 4.74 Å². The molecule has 0 aliphatic heterocycles. The summed E-state index contributed by atoms with van der Waals surface area (Å²) in [5.74, 6) is 0.835. The van der Waals surface area contributed by atoms with E-state index in [1.54, 1.807) is 7.11 Å². The molecule has 0 saturated heterocycles. The molecule has 0 bridgehead atoms. The first kappa shape index (κ1) is 14.3. The first-order valence-electron chi connectivity index (χ1n) is 7.23. The molecule has 0 aliphatic rings. The number of aromatic nitrogens is 3. The van der Waals surface area contributed by atoms with Gasteiger partial charge in [-0.1, -0.05) is 22.9 Å². The van der Waals surface area contributed by atoms with Gasteiger partial charge in [-0.2, -0.15) is 0 Å². The van der Waals surface area contributed by atoms with Crippen LogP contribution >= 0.6 is 0 Å². The lowest BCUT2D eigenvalue weighted by molar-refractivity contribution is 0.415. The SMILES string of the molecule is COc1ccc(-c2cn(-c3c(C)cc(C)cc3C)nn2)cc1. The van der Waals surface area contributed by atoms with Crippen LogP contribution in [0.15, 0.2) is 42.6 Å². The summed E-state index contributed by atoms with van der Waals surface area (Å²) >= 11 is 0. The van der Waals surface area contributed by atoms with Gasteiger partial charge in [0.25, 0.3) is 0 Å². The molecule has 22 heavy (non-hydrogen) atoms. The predicted octanol–water partition coefficient (Wildman–Crippen LogP) is 3.87. The third-order valence-electron chi connectivity index (χ3n) is 3.74. The maximum atomic E-state index is 5.18. The number of hydrogen-bond acceptors (Lipinski definition) is 3. The molecular weight excluding hydrogens is 274 g/mol. The summed E-state index contributed by atoms with van der Waals surface area (Å²) in [6, 6.07) is 12.2. The van der Waals surface area contributed by atoms with Crippen molar-refractivity contribution in [2.75, 3.05) is 7.11 Å². The van der Waals surface area contributed by atoms with Crippen molar-refractivity contribution in [1.29, 1.82) is 0 Å². The second-order valence-electron chi connectivity index (χ2n) is 5.52. The molecule has 0 radical (unpaired) electrons. The molecular formula is C18H19N3O. The van der Waals surface area contributed by atoms with E-state index in [0.717, 1.165) is 22.7 Å². The minimum Gasteiger partial charge on any atom is -0.497 e. The Bertz CT molecular complexity index is 780. The lowest BCUT2D eigenvalue weighted by Crippen LogP contribution is -2.01. The minimum atomic E-state index is 0.835.